The minimum Gasteiger partial charge on any atom is -0.480 e. The van der Waals surface area contributed by atoms with E-state index in [4.69, 9.17) is 9.52 Å². The van der Waals surface area contributed by atoms with Crippen LogP contribution in [0, 0.1) is 6.92 Å². The predicted molar refractivity (Wildman–Crippen MR) is 65.2 cm³/mol. The van der Waals surface area contributed by atoms with Gasteiger partial charge < -0.3 is 19.3 Å². The maximum absolute atomic E-state index is 12.0. The minimum atomic E-state index is -1.02. The first kappa shape index (κ1) is 14.1. The summed E-state index contributed by atoms with van der Waals surface area (Å²) in [6, 6.07) is 3.30. The van der Waals surface area contributed by atoms with Gasteiger partial charge in [0.05, 0.1) is 6.54 Å². The van der Waals surface area contributed by atoms with Crippen molar-refractivity contribution in [1.82, 2.24) is 9.80 Å². The monoisotopic (exact) mass is 254 g/mol. The number of aryl methyl sites for hydroxylation is 1. The van der Waals surface area contributed by atoms with Crippen molar-refractivity contribution in [2.75, 3.05) is 20.1 Å². The summed E-state index contributed by atoms with van der Waals surface area (Å²) in [7, 11) is 1.62. The molecule has 1 aromatic rings. The zero-order valence-corrected chi connectivity index (χ0v) is 10.8. The quantitative estimate of drug-likeness (QED) is 0.865. The molecular weight excluding hydrogens is 236 g/mol. The highest BCUT2D eigenvalue weighted by atomic mass is 16.4. The van der Waals surface area contributed by atoms with Gasteiger partial charge in [-0.2, -0.15) is 0 Å². The van der Waals surface area contributed by atoms with Crippen molar-refractivity contribution in [1.29, 1.82) is 0 Å². The van der Waals surface area contributed by atoms with Crippen LogP contribution >= 0.6 is 0 Å². The molecule has 0 atom stereocenters. The van der Waals surface area contributed by atoms with Crippen LogP contribution in [0.2, 0.25) is 0 Å². The molecule has 100 valence electrons. The van der Waals surface area contributed by atoms with Crippen molar-refractivity contribution in [3.8, 4) is 0 Å². The number of carboxylic acids is 1. The lowest BCUT2D eigenvalue weighted by atomic mass is 10.4. The van der Waals surface area contributed by atoms with E-state index in [1.165, 1.54) is 9.80 Å². The maximum Gasteiger partial charge on any atom is 0.323 e. The van der Waals surface area contributed by atoms with Gasteiger partial charge in [-0.05, 0) is 26.0 Å². The second-order valence-corrected chi connectivity index (χ2v) is 4.06. The molecule has 0 bridgehead atoms. The SMILES string of the molecule is CCN(CC(=O)O)C(=O)N(C)Cc1ccc(C)o1. The molecule has 0 aliphatic heterocycles. The van der Waals surface area contributed by atoms with Crippen LogP contribution in [-0.2, 0) is 11.3 Å². The molecule has 0 fully saturated rings. The number of rotatable bonds is 5. The van der Waals surface area contributed by atoms with Gasteiger partial charge in [-0.25, -0.2) is 4.79 Å². The normalized spacial score (nSPS) is 10.2. The Morgan fingerprint density at radius 3 is 2.50 bits per heavy atom. The second-order valence-electron chi connectivity index (χ2n) is 4.06. The molecule has 0 aliphatic rings. The van der Waals surface area contributed by atoms with Crippen LogP contribution in [0.15, 0.2) is 16.5 Å². The van der Waals surface area contributed by atoms with Crippen LogP contribution in [0.1, 0.15) is 18.4 Å². The number of carbonyl (C=O) groups is 2. The number of carboxylic acid groups (broad SMARTS) is 1. The van der Waals surface area contributed by atoms with Gasteiger partial charge in [0.15, 0.2) is 0 Å². The lowest BCUT2D eigenvalue weighted by molar-refractivity contribution is -0.137. The van der Waals surface area contributed by atoms with E-state index < -0.39 is 5.97 Å². The van der Waals surface area contributed by atoms with Gasteiger partial charge in [0.1, 0.15) is 18.1 Å². The average molecular weight is 254 g/mol. The van der Waals surface area contributed by atoms with Gasteiger partial charge in [-0.1, -0.05) is 0 Å². The first-order valence-electron chi connectivity index (χ1n) is 5.71. The molecule has 0 radical (unpaired) electrons. The molecule has 6 heteroatoms. The van der Waals surface area contributed by atoms with Crippen LogP contribution in [-0.4, -0.2) is 47.0 Å². The fraction of sp³-hybridized carbons (Fsp3) is 0.500. The van der Waals surface area contributed by atoms with Crippen molar-refractivity contribution in [2.45, 2.75) is 20.4 Å². The molecule has 0 spiro atoms. The van der Waals surface area contributed by atoms with E-state index in [2.05, 4.69) is 0 Å². The highest BCUT2D eigenvalue weighted by Crippen LogP contribution is 2.10. The van der Waals surface area contributed by atoms with Crippen molar-refractivity contribution < 1.29 is 19.1 Å². The predicted octanol–water partition coefficient (Wildman–Crippen LogP) is 1.55. The van der Waals surface area contributed by atoms with Crippen LogP contribution in [0.25, 0.3) is 0 Å². The molecule has 18 heavy (non-hydrogen) atoms. The van der Waals surface area contributed by atoms with E-state index >= 15 is 0 Å². The Hall–Kier alpha value is -1.98. The molecule has 6 nitrogen and oxygen atoms in total. The third kappa shape index (κ3) is 3.80. The highest BCUT2D eigenvalue weighted by Gasteiger charge is 2.19. The summed E-state index contributed by atoms with van der Waals surface area (Å²) in [5, 5.41) is 8.71. The van der Waals surface area contributed by atoms with E-state index in [0.717, 1.165) is 5.76 Å². The highest BCUT2D eigenvalue weighted by molar-refractivity contribution is 5.79. The molecule has 2 amide bonds. The standard InChI is InChI=1S/C12H18N2O4/c1-4-14(8-11(15)16)12(17)13(3)7-10-6-5-9(2)18-10/h5-6H,4,7-8H2,1-3H3,(H,15,16). The number of hydrogen-bond donors (Lipinski definition) is 1. The number of aliphatic carboxylic acids is 1. The zero-order valence-electron chi connectivity index (χ0n) is 10.8. The van der Waals surface area contributed by atoms with Crippen molar-refractivity contribution in [3.05, 3.63) is 23.7 Å². The first-order chi connectivity index (χ1) is 8.43. The van der Waals surface area contributed by atoms with Crippen LogP contribution in [0.4, 0.5) is 4.79 Å². The molecule has 0 aliphatic carbocycles. The third-order valence-electron chi connectivity index (χ3n) is 2.49. The van der Waals surface area contributed by atoms with E-state index in [0.29, 0.717) is 18.8 Å². The maximum atomic E-state index is 12.0. The molecule has 1 N–H and O–H groups in total. The Balaban J connectivity index is 2.61. The van der Waals surface area contributed by atoms with E-state index in [1.54, 1.807) is 20.0 Å². The summed E-state index contributed by atoms with van der Waals surface area (Å²) in [6.45, 7) is 3.95. The van der Waals surface area contributed by atoms with Gasteiger partial charge in [-0.15, -0.1) is 0 Å². The molecular formula is C12H18N2O4. The van der Waals surface area contributed by atoms with Gasteiger partial charge in [0, 0.05) is 13.6 Å². The van der Waals surface area contributed by atoms with Gasteiger partial charge >= 0.3 is 12.0 Å². The molecule has 1 heterocycles. The fourth-order valence-corrected chi connectivity index (χ4v) is 1.59. The Labute approximate surface area is 106 Å². The molecule has 1 aromatic heterocycles. The van der Waals surface area contributed by atoms with Gasteiger partial charge in [0.25, 0.3) is 0 Å². The zero-order chi connectivity index (χ0) is 13.7. The van der Waals surface area contributed by atoms with E-state index in [1.807, 2.05) is 13.0 Å². The second kappa shape index (κ2) is 6.09. The Kier molecular flexibility index (Phi) is 4.76. The van der Waals surface area contributed by atoms with Crippen LogP contribution < -0.4 is 0 Å². The average Bonchev–Trinajstić information content (AvgIpc) is 2.70. The number of hydrogen-bond acceptors (Lipinski definition) is 3. The van der Waals surface area contributed by atoms with E-state index in [-0.39, 0.29) is 12.6 Å². The lowest BCUT2D eigenvalue weighted by Gasteiger charge is -2.25. The summed E-state index contributed by atoms with van der Waals surface area (Å²) in [5.74, 6) is 0.436. The number of likely N-dealkylation sites (N-methyl/N-ethyl adjacent to an activating group) is 1. The molecule has 0 saturated heterocycles. The summed E-state index contributed by atoms with van der Waals surface area (Å²) in [5.41, 5.74) is 0. The number of furan rings is 1. The lowest BCUT2D eigenvalue weighted by Crippen LogP contribution is -2.43. The van der Waals surface area contributed by atoms with Crippen LogP contribution in [0.3, 0.4) is 0 Å². The van der Waals surface area contributed by atoms with Crippen molar-refractivity contribution >= 4 is 12.0 Å². The number of amides is 2. The summed E-state index contributed by atoms with van der Waals surface area (Å²) in [6.07, 6.45) is 0. The molecule has 0 saturated carbocycles. The largest absolute Gasteiger partial charge is 0.480 e. The Morgan fingerprint density at radius 1 is 1.39 bits per heavy atom. The van der Waals surface area contributed by atoms with Crippen LogP contribution in [0.5, 0.6) is 0 Å². The number of carbonyl (C=O) groups excluding carboxylic acids is 1. The van der Waals surface area contributed by atoms with E-state index in [9.17, 15) is 9.59 Å². The Morgan fingerprint density at radius 2 is 2.06 bits per heavy atom. The molecule has 1 rings (SSSR count). The van der Waals surface area contributed by atoms with Crippen molar-refractivity contribution in [3.63, 3.8) is 0 Å². The molecule has 0 unspecified atom stereocenters. The number of nitrogens with zero attached hydrogens (tertiary/aromatic N) is 2. The Bertz CT molecular complexity index is 427. The first-order valence-corrected chi connectivity index (χ1v) is 5.71. The van der Waals surface area contributed by atoms with Crippen molar-refractivity contribution in [2.24, 2.45) is 0 Å². The minimum absolute atomic E-state index is 0.295. The third-order valence-corrected chi connectivity index (χ3v) is 2.49. The van der Waals surface area contributed by atoms with Gasteiger partial charge in [-0.3, -0.25) is 4.79 Å². The molecule has 0 aromatic carbocycles. The summed E-state index contributed by atoms with van der Waals surface area (Å²) < 4.78 is 5.37. The number of urea groups is 1. The fourth-order valence-electron chi connectivity index (χ4n) is 1.59. The smallest absolute Gasteiger partial charge is 0.323 e. The van der Waals surface area contributed by atoms with Gasteiger partial charge in [0.2, 0.25) is 0 Å². The summed E-state index contributed by atoms with van der Waals surface area (Å²) >= 11 is 0. The topological polar surface area (TPSA) is 74.0 Å². The summed E-state index contributed by atoms with van der Waals surface area (Å²) in [4.78, 5) is 25.3.